The molecule has 1 fully saturated rings. The molecule has 0 aromatic heterocycles. The summed E-state index contributed by atoms with van der Waals surface area (Å²) in [5, 5.41) is 2.95. The predicted octanol–water partition coefficient (Wildman–Crippen LogP) is 3.85. The zero-order chi connectivity index (χ0) is 23.8. The Morgan fingerprint density at radius 2 is 1.71 bits per heavy atom. The molecule has 3 aromatic rings. The van der Waals surface area contributed by atoms with Crippen LogP contribution in [0.5, 0.6) is 11.5 Å². The van der Waals surface area contributed by atoms with E-state index in [1.807, 2.05) is 60.7 Å². The van der Waals surface area contributed by atoms with Crippen LogP contribution < -0.4 is 20.5 Å². The Bertz CT molecular complexity index is 1120. The van der Waals surface area contributed by atoms with E-state index in [1.165, 1.54) is 0 Å². The van der Waals surface area contributed by atoms with Crippen LogP contribution in [0, 0.1) is 0 Å². The molecule has 176 valence electrons. The molecule has 0 saturated carbocycles. The monoisotopic (exact) mass is 459 g/mol. The molecule has 1 heterocycles. The van der Waals surface area contributed by atoms with Crippen LogP contribution in [0.3, 0.4) is 0 Å². The second kappa shape index (κ2) is 11.3. The van der Waals surface area contributed by atoms with Crippen molar-refractivity contribution in [1.29, 1.82) is 0 Å². The number of carbonyl (C=O) groups is 2. The first-order chi connectivity index (χ1) is 16.6. The second-order valence-corrected chi connectivity index (χ2v) is 8.19. The molecule has 7 heteroatoms. The van der Waals surface area contributed by atoms with Gasteiger partial charge in [-0.15, -0.1) is 0 Å². The van der Waals surface area contributed by atoms with Gasteiger partial charge in [-0.05, 0) is 61.3 Å². The number of anilines is 1. The summed E-state index contributed by atoms with van der Waals surface area (Å²) in [4.78, 5) is 26.8. The third kappa shape index (κ3) is 6.14. The van der Waals surface area contributed by atoms with Crippen LogP contribution in [0.4, 0.5) is 5.69 Å². The molecule has 1 atom stereocenters. The van der Waals surface area contributed by atoms with Gasteiger partial charge in [-0.1, -0.05) is 42.5 Å². The van der Waals surface area contributed by atoms with Crippen LogP contribution in [0.2, 0.25) is 0 Å². The summed E-state index contributed by atoms with van der Waals surface area (Å²) in [5.74, 6) is 0.725. The van der Waals surface area contributed by atoms with Gasteiger partial charge in [-0.25, -0.2) is 0 Å². The summed E-state index contributed by atoms with van der Waals surface area (Å²) in [6, 6.07) is 24.1. The van der Waals surface area contributed by atoms with Crippen molar-refractivity contribution < 1.29 is 19.1 Å². The lowest BCUT2D eigenvalue weighted by Crippen LogP contribution is -2.39. The lowest BCUT2D eigenvalue weighted by molar-refractivity contribution is -0.122. The lowest BCUT2D eigenvalue weighted by atomic mass is 10.1. The van der Waals surface area contributed by atoms with E-state index >= 15 is 0 Å². The van der Waals surface area contributed by atoms with Gasteiger partial charge >= 0.3 is 0 Å². The zero-order valence-electron chi connectivity index (χ0n) is 19.0. The highest BCUT2D eigenvalue weighted by Gasteiger charge is 2.28. The highest BCUT2D eigenvalue weighted by Crippen LogP contribution is 2.23. The molecule has 4 rings (SSSR count). The van der Waals surface area contributed by atoms with Crippen molar-refractivity contribution in [3.63, 3.8) is 0 Å². The van der Waals surface area contributed by atoms with Crippen molar-refractivity contribution >= 4 is 17.5 Å². The van der Waals surface area contributed by atoms with E-state index in [2.05, 4.69) is 10.2 Å². The number of ether oxygens (including phenoxy) is 2. The Morgan fingerprint density at radius 3 is 2.53 bits per heavy atom. The molecular formula is C27H29N3O4. The van der Waals surface area contributed by atoms with Crippen LogP contribution in [0.1, 0.15) is 28.8 Å². The molecule has 1 saturated heterocycles. The number of nitrogens with zero attached hydrogens (tertiary/aromatic N) is 1. The number of hydrogen-bond acceptors (Lipinski definition) is 5. The van der Waals surface area contributed by atoms with Crippen LogP contribution in [0.15, 0.2) is 78.9 Å². The first kappa shape index (κ1) is 23.3. The molecule has 34 heavy (non-hydrogen) atoms. The van der Waals surface area contributed by atoms with E-state index in [0.717, 1.165) is 30.7 Å². The van der Waals surface area contributed by atoms with Crippen LogP contribution >= 0.6 is 0 Å². The molecule has 0 aliphatic carbocycles. The number of nitrogens with two attached hydrogens (primary N) is 1. The van der Waals surface area contributed by atoms with Crippen LogP contribution in [-0.2, 0) is 11.3 Å². The highest BCUT2D eigenvalue weighted by atomic mass is 16.5. The molecule has 3 N–H and O–H groups in total. The first-order valence-corrected chi connectivity index (χ1v) is 11.4. The maximum atomic E-state index is 13.0. The standard InChI is InChI=1S/C27H29N3O4/c28-26(31)24-13-7-15-30(24)19-20-8-6-9-21(18-20)29-27(32)23-12-4-5-14-25(23)34-17-16-33-22-10-2-1-3-11-22/h1-6,8-12,14,18,24H,7,13,15-17,19H2,(H2,28,31)(H,29,32). The molecule has 2 amide bonds. The smallest absolute Gasteiger partial charge is 0.259 e. The summed E-state index contributed by atoms with van der Waals surface area (Å²) < 4.78 is 11.5. The highest BCUT2D eigenvalue weighted by molar-refractivity contribution is 6.06. The quantitative estimate of drug-likeness (QED) is 0.449. The van der Waals surface area contributed by atoms with Crippen molar-refractivity contribution in [3.8, 4) is 11.5 Å². The molecule has 7 nitrogen and oxygen atoms in total. The summed E-state index contributed by atoms with van der Waals surface area (Å²) in [6.45, 7) is 2.12. The Kier molecular flexibility index (Phi) is 7.78. The third-order valence-corrected chi connectivity index (χ3v) is 5.75. The van der Waals surface area contributed by atoms with Crippen LogP contribution in [0.25, 0.3) is 0 Å². The topological polar surface area (TPSA) is 93.9 Å². The molecule has 0 radical (unpaired) electrons. The van der Waals surface area contributed by atoms with Crippen LogP contribution in [-0.4, -0.2) is 42.5 Å². The Labute approximate surface area is 199 Å². The van der Waals surface area contributed by atoms with E-state index in [1.54, 1.807) is 18.2 Å². The zero-order valence-corrected chi connectivity index (χ0v) is 19.0. The number of nitrogens with one attached hydrogen (secondary N) is 1. The first-order valence-electron chi connectivity index (χ1n) is 11.4. The Morgan fingerprint density at radius 1 is 0.941 bits per heavy atom. The van der Waals surface area contributed by atoms with Gasteiger partial charge in [0.05, 0.1) is 11.6 Å². The fourth-order valence-electron chi connectivity index (χ4n) is 4.13. The number of benzene rings is 3. The summed E-state index contributed by atoms with van der Waals surface area (Å²) >= 11 is 0. The number of amides is 2. The molecule has 0 bridgehead atoms. The Balaban J connectivity index is 1.35. The predicted molar refractivity (Wildman–Crippen MR) is 131 cm³/mol. The Hall–Kier alpha value is -3.84. The minimum atomic E-state index is -0.285. The van der Waals surface area contributed by atoms with Crippen molar-refractivity contribution in [2.24, 2.45) is 5.73 Å². The number of likely N-dealkylation sites (tertiary alicyclic amines) is 1. The summed E-state index contributed by atoms with van der Waals surface area (Å²) in [6.07, 6.45) is 1.75. The number of hydrogen-bond donors (Lipinski definition) is 2. The SMILES string of the molecule is NC(=O)C1CCCN1Cc1cccc(NC(=O)c2ccccc2OCCOc2ccccc2)c1. The number of rotatable bonds is 10. The maximum absolute atomic E-state index is 13.0. The molecule has 3 aromatic carbocycles. The van der Waals surface area contributed by atoms with Gasteiger partial charge in [0.1, 0.15) is 24.7 Å². The van der Waals surface area contributed by atoms with Gasteiger partial charge in [-0.3, -0.25) is 14.5 Å². The van der Waals surface area contributed by atoms with Gasteiger partial charge in [0.2, 0.25) is 5.91 Å². The summed E-state index contributed by atoms with van der Waals surface area (Å²) in [7, 11) is 0. The minimum Gasteiger partial charge on any atom is -0.490 e. The average Bonchev–Trinajstić information content (AvgIpc) is 3.31. The fourth-order valence-corrected chi connectivity index (χ4v) is 4.13. The van der Waals surface area contributed by atoms with E-state index in [4.69, 9.17) is 15.2 Å². The van der Waals surface area contributed by atoms with Crippen molar-refractivity contribution in [2.45, 2.75) is 25.4 Å². The molecule has 1 aliphatic heterocycles. The molecule has 1 unspecified atom stereocenters. The van der Waals surface area contributed by atoms with Crippen molar-refractivity contribution in [3.05, 3.63) is 90.0 Å². The largest absolute Gasteiger partial charge is 0.490 e. The van der Waals surface area contributed by atoms with Crippen molar-refractivity contribution in [1.82, 2.24) is 4.90 Å². The van der Waals surface area contributed by atoms with Gasteiger partial charge in [0.15, 0.2) is 0 Å². The number of carbonyl (C=O) groups excluding carboxylic acids is 2. The molecule has 1 aliphatic rings. The van der Waals surface area contributed by atoms with Gasteiger partial charge < -0.3 is 20.5 Å². The van der Waals surface area contributed by atoms with E-state index < -0.39 is 0 Å². The average molecular weight is 460 g/mol. The van der Waals surface area contributed by atoms with Gasteiger partial charge in [0, 0.05) is 12.2 Å². The van der Waals surface area contributed by atoms with E-state index in [9.17, 15) is 9.59 Å². The fraction of sp³-hybridized carbons (Fsp3) is 0.259. The summed E-state index contributed by atoms with van der Waals surface area (Å²) in [5.41, 5.74) is 7.67. The number of para-hydroxylation sites is 2. The van der Waals surface area contributed by atoms with E-state index in [-0.39, 0.29) is 17.9 Å². The van der Waals surface area contributed by atoms with Gasteiger partial charge in [0.25, 0.3) is 5.91 Å². The third-order valence-electron chi connectivity index (χ3n) is 5.75. The minimum absolute atomic E-state index is 0.229. The number of primary amides is 1. The van der Waals surface area contributed by atoms with Crippen molar-refractivity contribution in [2.75, 3.05) is 25.1 Å². The second-order valence-electron chi connectivity index (χ2n) is 8.19. The van der Waals surface area contributed by atoms with Gasteiger partial charge in [-0.2, -0.15) is 0 Å². The maximum Gasteiger partial charge on any atom is 0.259 e. The van der Waals surface area contributed by atoms with E-state index in [0.29, 0.717) is 36.8 Å². The lowest BCUT2D eigenvalue weighted by Gasteiger charge is -2.22. The molecule has 0 spiro atoms. The molecular weight excluding hydrogens is 430 g/mol. The normalized spacial score (nSPS) is 15.6.